The number of hydrogen-bond acceptors (Lipinski definition) is 5. The Hall–Kier alpha value is -0.700. The van der Waals surface area contributed by atoms with Gasteiger partial charge in [0.15, 0.2) is 0 Å². The van der Waals surface area contributed by atoms with Crippen LogP contribution in [0.5, 0.6) is 0 Å². The smallest absolute Gasteiger partial charge is 0.266 e. The highest BCUT2D eigenvalue weighted by Gasteiger charge is 2.62. The summed E-state index contributed by atoms with van der Waals surface area (Å²) in [6, 6.07) is 0. The second kappa shape index (κ2) is 9.64. The molecule has 0 aromatic carbocycles. The van der Waals surface area contributed by atoms with E-state index in [4.69, 9.17) is 4.55 Å². The molecule has 7 nitrogen and oxygen atoms in total. The van der Waals surface area contributed by atoms with Crippen LogP contribution in [-0.4, -0.2) is 53.6 Å². The Labute approximate surface area is 205 Å². The van der Waals surface area contributed by atoms with Crippen LogP contribution < -0.4 is 5.32 Å². The van der Waals surface area contributed by atoms with Gasteiger partial charge < -0.3 is 15.5 Å². The first-order valence-corrected chi connectivity index (χ1v) is 15.0. The van der Waals surface area contributed by atoms with Crippen LogP contribution in [0.2, 0.25) is 0 Å². The first-order valence-electron chi connectivity index (χ1n) is 13.4. The van der Waals surface area contributed by atoms with E-state index in [9.17, 15) is 23.4 Å². The minimum absolute atomic E-state index is 0.0625. The van der Waals surface area contributed by atoms with Crippen LogP contribution in [-0.2, 0) is 14.9 Å². The van der Waals surface area contributed by atoms with Gasteiger partial charge in [0.2, 0.25) is 5.91 Å². The molecule has 0 saturated heterocycles. The van der Waals surface area contributed by atoms with E-state index in [1.54, 1.807) is 0 Å². The lowest BCUT2D eigenvalue weighted by Crippen LogP contribution is -2.58. The molecular formula is C26H45NO6S. The van der Waals surface area contributed by atoms with Gasteiger partial charge in [-0.25, -0.2) is 0 Å². The van der Waals surface area contributed by atoms with Crippen LogP contribution in [0.25, 0.3) is 0 Å². The molecule has 0 spiro atoms. The summed E-state index contributed by atoms with van der Waals surface area (Å²) in [6.45, 7) is 7.05. The van der Waals surface area contributed by atoms with Crippen LogP contribution in [0.15, 0.2) is 0 Å². The predicted molar refractivity (Wildman–Crippen MR) is 130 cm³/mol. The molecule has 0 unspecified atom stereocenters. The molecule has 4 N–H and O–H groups in total. The Morgan fingerprint density at radius 3 is 2.41 bits per heavy atom. The predicted octanol–water partition coefficient (Wildman–Crippen LogP) is 3.40. The highest BCUT2D eigenvalue weighted by Crippen LogP contribution is 2.68. The van der Waals surface area contributed by atoms with E-state index in [1.807, 2.05) is 0 Å². The maximum Gasteiger partial charge on any atom is 0.266 e. The van der Waals surface area contributed by atoms with E-state index >= 15 is 0 Å². The largest absolute Gasteiger partial charge is 0.393 e. The number of rotatable bonds is 7. The Bertz CT molecular complexity index is 863. The maximum absolute atomic E-state index is 12.2. The number of nitrogens with one attached hydrogen (secondary N) is 1. The summed E-state index contributed by atoms with van der Waals surface area (Å²) in [5, 5.41) is 24.2. The molecule has 196 valence electrons. The third-order valence-electron chi connectivity index (χ3n) is 10.9. The van der Waals surface area contributed by atoms with Crippen molar-refractivity contribution in [3.63, 3.8) is 0 Å². The lowest BCUT2D eigenvalue weighted by atomic mass is 9.43. The number of hydrogen-bond donors (Lipinski definition) is 4. The van der Waals surface area contributed by atoms with Gasteiger partial charge in [0.05, 0.1) is 18.0 Å². The van der Waals surface area contributed by atoms with Crippen molar-refractivity contribution in [2.45, 2.75) is 97.2 Å². The maximum atomic E-state index is 12.2. The minimum atomic E-state index is -4.06. The number of aliphatic hydroxyl groups is 2. The van der Waals surface area contributed by atoms with E-state index in [0.717, 1.165) is 51.4 Å². The molecule has 0 radical (unpaired) electrons. The van der Waals surface area contributed by atoms with Crippen molar-refractivity contribution < 1.29 is 28.0 Å². The molecule has 0 heterocycles. The van der Waals surface area contributed by atoms with Crippen LogP contribution in [0, 0.1) is 46.3 Å². The van der Waals surface area contributed by atoms with Crippen LogP contribution in [0.4, 0.5) is 0 Å². The molecule has 4 rings (SSSR count). The first kappa shape index (κ1) is 26.4. The van der Waals surface area contributed by atoms with Gasteiger partial charge in [0.1, 0.15) is 0 Å². The molecule has 10 atom stereocenters. The Morgan fingerprint density at radius 1 is 1.03 bits per heavy atom. The van der Waals surface area contributed by atoms with E-state index in [0.29, 0.717) is 41.9 Å². The summed E-state index contributed by atoms with van der Waals surface area (Å²) in [4.78, 5) is 12.2. The first-order chi connectivity index (χ1) is 15.8. The summed E-state index contributed by atoms with van der Waals surface area (Å²) in [6.07, 6.45) is 8.87. The van der Waals surface area contributed by atoms with E-state index in [-0.39, 0.29) is 35.5 Å². The lowest BCUT2D eigenvalue weighted by Gasteiger charge is -2.62. The van der Waals surface area contributed by atoms with Gasteiger partial charge in [-0.3, -0.25) is 9.35 Å². The zero-order chi connectivity index (χ0) is 24.9. The van der Waals surface area contributed by atoms with Gasteiger partial charge in [-0.2, -0.15) is 8.42 Å². The molecule has 0 aromatic rings. The number of carbonyl (C=O) groups excluding carboxylic acids is 1. The molecule has 34 heavy (non-hydrogen) atoms. The Balaban J connectivity index is 1.39. The highest BCUT2D eigenvalue weighted by atomic mass is 32.2. The molecule has 0 aliphatic heterocycles. The fourth-order valence-electron chi connectivity index (χ4n) is 9.14. The average molecular weight is 500 g/mol. The zero-order valence-electron chi connectivity index (χ0n) is 21.1. The van der Waals surface area contributed by atoms with Crippen LogP contribution in [0.3, 0.4) is 0 Å². The number of carbonyl (C=O) groups is 1. The highest BCUT2D eigenvalue weighted by molar-refractivity contribution is 7.85. The molecular weight excluding hydrogens is 454 g/mol. The molecule has 4 aliphatic carbocycles. The lowest BCUT2D eigenvalue weighted by molar-refractivity contribution is -0.174. The number of fused-ring (bicyclic) bond motifs is 5. The normalized spacial score (nSPS) is 45.1. The number of amides is 1. The van der Waals surface area contributed by atoms with Gasteiger partial charge in [-0.05, 0) is 104 Å². The molecule has 8 heteroatoms. The molecule has 0 bridgehead atoms. The average Bonchev–Trinajstić information content (AvgIpc) is 3.09. The molecule has 1 amide bonds. The molecule has 4 saturated carbocycles. The third kappa shape index (κ3) is 4.94. The standard InChI is InChI=1S/C26H45NO6S/c1-16(4-7-23(30)27-12-13-34(31,32)33)19-5-6-20-24-21(9-11-26(19,20)3)25(2)10-8-18(28)14-17(25)15-22(24)29/h16-22,24,28-29H,4-15H2,1-3H3,(H,27,30)(H,31,32,33)/t16-,17-,18+,19-,20+,21+,22-,24+,25-,26+/m0/s1. The van der Waals surface area contributed by atoms with Gasteiger partial charge in [0.25, 0.3) is 10.1 Å². The summed E-state index contributed by atoms with van der Waals surface area (Å²) >= 11 is 0. The van der Waals surface area contributed by atoms with Crippen molar-refractivity contribution in [2.24, 2.45) is 46.3 Å². The summed E-state index contributed by atoms with van der Waals surface area (Å²) in [5.41, 5.74) is 0.411. The van der Waals surface area contributed by atoms with Gasteiger partial charge in [0, 0.05) is 13.0 Å². The van der Waals surface area contributed by atoms with Crippen molar-refractivity contribution in [3.05, 3.63) is 0 Å². The monoisotopic (exact) mass is 499 g/mol. The van der Waals surface area contributed by atoms with Gasteiger partial charge in [-0.15, -0.1) is 0 Å². The Morgan fingerprint density at radius 2 is 1.71 bits per heavy atom. The second-order valence-corrected chi connectivity index (χ2v) is 14.2. The zero-order valence-corrected chi connectivity index (χ0v) is 21.9. The quantitative estimate of drug-likeness (QED) is 0.398. The van der Waals surface area contributed by atoms with Crippen molar-refractivity contribution in [2.75, 3.05) is 12.3 Å². The number of aliphatic hydroxyl groups excluding tert-OH is 2. The summed E-state index contributed by atoms with van der Waals surface area (Å²) in [7, 11) is -4.06. The summed E-state index contributed by atoms with van der Waals surface area (Å²) < 4.78 is 30.5. The van der Waals surface area contributed by atoms with Gasteiger partial charge in [-0.1, -0.05) is 20.8 Å². The van der Waals surface area contributed by atoms with Crippen molar-refractivity contribution >= 4 is 16.0 Å². The fourth-order valence-corrected chi connectivity index (χ4v) is 9.50. The van der Waals surface area contributed by atoms with E-state index < -0.39 is 15.9 Å². The van der Waals surface area contributed by atoms with E-state index in [2.05, 4.69) is 26.1 Å². The fraction of sp³-hybridized carbons (Fsp3) is 0.962. The minimum Gasteiger partial charge on any atom is -0.393 e. The van der Waals surface area contributed by atoms with Crippen LogP contribution in [0.1, 0.15) is 85.0 Å². The topological polar surface area (TPSA) is 124 Å². The third-order valence-corrected chi connectivity index (χ3v) is 11.6. The molecule has 0 aromatic heterocycles. The van der Waals surface area contributed by atoms with Crippen LogP contribution >= 0.6 is 0 Å². The van der Waals surface area contributed by atoms with Crippen molar-refractivity contribution in [3.8, 4) is 0 Å². The van der Waals surface area contributed by atoms with E-state index in [1.165, 1.54) is 6.42 Å². The van der Waals surface area contributed by atoms with Gasteiger partial charge >= 0.3 is 0 Å². The van der Waals surface area contributed by atoms with Crippen molar-refractivity contribution in [1.82, 2.24) is 5.32 Å². The SMILES string of the molecule is C[C@@H](CCC(=O)NCCS(=O)(=O)O)[C@@H]1CC[C@@H]2[C@@H]3[C@@H](CC[C@@]21C)[C@@]1(C)CC[C@@H](O)C[C@H]1C[C@@H]3O. The second-order valence-electron chi connectivity index (χ2n) is 12.6. The Kier molecular flexibility index (Phi) is 7.47. The summed E-state index contributed by atoms with van der Waals surface area (Å²) in [5.74, 6) is 2.10. The van der Waals surface area contributed by atoms with Crippen molar-refractivity contribution in [1.29, 1.82) is 0 Å². The molecule has 4 fully saturated rings. The molecule has 4 aliphatic rings.